The number of Topliss-reactive ketones (excluding diaryl/α,β-unsaturated/α-hetero) is 1. The Kier molecular flexibility index (Phi) is 4.60. The molecule has 0 spiro atoms. The Morgan fingerprint density at radius 3 is 2.80 bits per heavy atom. The van der Waals surface area contributed by atoms with Crippen LogP contribution < -0.4 is 0 Å². The number of furan rings is 1. The zero-order chi connectivity index (χ0) is 11.1. The van der Waals surface area contributed by atoms with Gasteiger partial charge in [-0.25, -0.2) is 0 Å². The fraction of sp³-hybridized carbons (Fsp3) is 0.455. The van der Waals surface area contributed by atoms with Gasteiger partial charge in [-0.05, 0) is 25.5 Å². The number of ketones is 1. The van der Waals surface area contributed by atoms with Crippen LogP contribution in [0.25, 0.3) is 0 Å². The number of carbonyl (C=O) groups excluding carboxylic acids is 2. The molecule has 0 aliphatic carbocycles. The Morgan fingerprint density at radius 1 is 1.40 bits per heavy atom. The molecular formula is C11H14O4. The number of esters is 1. The van der Waals surface area contributed by atoms with E-state index in [1.807, 2.05) is 0 Å². The molecule has 1 aromatic rings. The molecule has 0 radical (unpaired) electrons. The number of hydrogen-bond acceptors (Lipinski definition) is 4. The molecule has 82 valence electrons. The molecule has 4 nitrogen and oxygen atoms in total. The van der Waals surface area contributed by atoms with Gasteiger partial charge in [0.1, 0.15) is 0 Å². The maximum Gasteiger partial charge on any atom is 0.305 e. The van der Waals surface area contributed by atoms with Crippen LogP contribution in [0.5, 0.6) is 0 Å². The summed E-state index contributed by atoms with van der Waals surface area (Å²) in [7, 11) is 0. The summed E-state index contributed by atoms with van der Waals surface area (Å²) in [6.07, 6.45) is 2.55. The fourth-order valence-electron chi connectivity index (χ4n) is 1.19. The molecular weight excluding hydrogens is 196 g/mol. The largest absolute Gasteiger partial charge is 0.466 e. The van der Waals surface area contributed by atoms with Gasteiger partial charge in [-0.15, -0.1) is 0 Å². The number of hydrogen-bond donors (Lipinski definition) is 0. The highest BCUT2D eigenvalue weighted by atomic mass is 16.5. The van der Waals surface area contributed by atoms with E-state index in [-0.39, 0.29) is 18.2 Å². The summed E-state index contributed by atoms with van der Waals surface area (Å²) in [5.41, 5.74) is 0. The Morgan fingerprint density at radius 2 is 2.20 bits per heavy atom. The van der Waals surface area contributed by atoms with E-state index in [9.17, 15) is 9.59 Å². The van der Waals surface area contributed by atoms with Crippen LogP contribution in [0.2, 0.25) is 0 Å². The van der Waals surface area contributed by atoms with Crippen molar-refractivity contribution in [1.29, 1.82) is 0 Å². The molecule has 0 bridgehead atoms. The van der Waals surface area contributed by atoms with E-state index in [4.69, 9.17) is 9.15 Å². The summed E-state index contributed by atoms with van der Waals surface area (Å²) in [5.74, 6) is 0.00732. The number of carbonyl (C=O) groups is 2. The van der Waals surface area contributed by atoms with Gasteiger partial charge in [0.15, 0.2) is 11.5 Å². The number of ether oxygens (including phenoxy) is 1. The molecule has 0 unspecified atom stereocenters. The van der Waals surface area contributed by atoms with Crippen LogP contribution in [-0.4, -0.2) is 18.4 Å². The minimum Gasteiger partial charge on any atom is -0.466 e. The van der Waals surface area contributed by atoms with Crippen molar-refractivity contribution in [3.8, 4) is 0 Å². The molecule has 0 fully saturated rings. The minimum atomic E-state index is -0.259. The molecule has 4 heteroatoms. The maximum absolute atomic E-state index is 11.4. The van der Waals surface area contributed by atoms with Crippen molar-refractivity contribution < 1.29 is 18.7 Å². The molecule has 1 rings (SSSR count). The van der Waals surface area contributed by atoms with Crippen molar-refractivity contribution in [3.05, 3.63) is 24.2 Å². The zero-order valence-electron chi connectivity index (χ0n) is 8.69. The summed E-state index contributed by atoms with van der Waals surface area (Å²) in [5, 5.41) is 0. The first kappa shape index (κ1) is 11.5. The van der Waals surface area contributed by atoms with E-state index < -0.39 is 0 Å². The molecule has 0 atom stereocenters. The van der Waals surface area contributed by atoms with Gasteiger partial charge in [0.25, 0.3) is 0 Å². The van der Waals surface area contributed by atoms with Gasteiger partial charge in [0.05, 0.1) is 12.9 Å². The van der Waals surface area contributed by atoms with Crippen molar-refractivity contribution in [2.24, 2.45) is 0 Å². The molecule has 0 saturated carbocycles. The Bertz CT molecular complexity index is 313. The Balaban J connectivity index is 2.21. The van der Waals surface area contributed by atoms with Crippen LogP contribution >= 0.6 is 0 Å². The van der Waals surface area contributed by atoms with Crippen molar-refractivity contribution in [1.82, 2.24) is 0 Å². The third-order valence-corrected chi connectivity index (χ3v) is 1.89. The molecule has 1 heterocycles. The van der Waals surface area contributed by atoms with Gasteiger partial charge in [-0.3, -0.25) is 9.59 Å². The first-order valence-electron chi connectivity index (χ1n) is 4.96. The van der Waals surface area contributed by atoms with Gasteiger partial charge in [0.2, 0.25) is 0 Å². The first-order chi connectivity index (χ1) is 7.24. The lowest BCUT2D eigenvalue weighted by atomic mass is 10.1. The lowest BCUT2D eigenvalue weighted by Gasteiger charge is -2.00. The van der Waals surface area contributed by atoms with Crippen LogP contribution in [0.4, 0.5) is 0 Å². The van der Waals surface area contributed by atoms with E-state index in [1.54, 1.807) is 19.1 Å². The van der Waals surface area contributed by atoms with Gasteiger partial charge < -0.3 is 9.15 Å². The lowest BCUT2D eigenvalue weighted by Crippen LogP contribution is -2.05. The maximum atomic E-state index is 11.4. The predicted molar refractivity (Wildman–Crippen MR) is 53.5 cm³/mol. The topological polar surface area (TPSA) is 56.5 Å². The summed E-state index contributed by atoms with van der Waals surface area (Å²) in [6.45, 7) is 2.14. The molecule has 0 N–H and O–H groups in total. The third-order valence-electron chi connectivity index (χ3n) is 1.89. The van der Waals surface area contributed by atoms with Gasteiger partial charge in [-0.1, -0.05) is 0 Å². The summed E-state index contributed by atoms with van der Waals surface area (Å²) >= 11 is 0. The van der Waals surface area contributed by atoms with E-state index in [2.05, 4.69) is 0 Å². The van der Waals surface area contributed by atoms with E-state index >= 15 is 0 Å². The van der Waals surface area contributed by atoms with E-state index in [0.29, 0.717) is 25.2 Å². The molecule has 0 saturated heterocycles. The number of rotatable bonds is 6. The zero-order valence-corrected chi connectivity index (χ0v) is 8.69. The average Bonchev–Trinajstić information content (AvgIpc) is 2.70. The molecule has 15 heavy (non-hydrogen) atoms. The van der Waals surface area contributed by atoms with Crippen molar-refractivity contribution in [3.63, 3.8) is 0 Å². The molecule has 0 aliphatic rings. The van der Waals surface area contributed by atoms with E-state index in [1.165, 1.54) is 6.26 Å². The molecule has 1 aromatic heterocycles. The lowest BCUT2D eigenvalue weighted by molar-refractivity contribution is -0.143. The fourth-order valence-corrected chi connectivity index (χ4v) is 1.19. The monoisotopic (exact) mass is 210 g/mol. The summed E-state index contributed by atoms with van der Waals surface area (Å²) in [6, 6.07) is 3.28. The van der Waals surface area contributed by atoms with Crippen LogP contribution in [0, 0.1) is 0 Å². The highest BCUT2D eigenvalue weighted by molar-refractivity contribution is 5.93. The van der Waals surface area contributed by atoms with Crippen molar-refractivity contribution >= 4 is 11.8 Å². The summed E-state index contributed by atoms with van der Waals surface area (Å²) < 4.78 is 9.68. The first-order valence-corrected chi connectivity index (χ1v) is 4.96. The van der Waals surface area contributed by atoms with Gasteiger partial charge in [-0.2, -0.15) is 0 Å². The molecule has 0 aromatic carbocycles. The van der Waals surface area contributed by atoms with Gasteiger partial charge >= 0.3 is 5.97 Å². The highest BCUT2D eigenvalue weighted by Gasteiger charge is 2.09. The molecule has 0 amide bonds. The van der Waals surface area contributed by atoms with Crippen LogP contribution in [0.3, 0.4) is 0 Å². The second kappa shape index (κ2) is 6.01. The standard InChI is InChI=1S/C11H14O4/c1-2-14-11(13)7-3-5-9(12)10-6-4-8-15-10/h4,6,8H,2-3,5,7H2,1H3. The Labute approximate surface area is 88.2 Å². The van der Waals surface area contributed by atoms with E-state index in [0.717, 1.165) is 0 Å². The van der Waals surface area contributed by atoms with Crippen LogP contribution in [0.15, 0.2) is 22.8 Å². The van der Waals surface area contributed by atoms with Crippen molar-refractivity contribution in [2.75, 3.05) is 6.61 Å². The predicted octanol–water partition coefficient (Wildman–Crippen LogP) is 2.20. The smallest absolute Gasteiger partial charge is 0.305 e. The third kappa shape index (κ3) is 3.97. The molecule has 0 aliphatic heterocycles. The SMILES string of the molecule is CCOC(=O)CCCC(=O)c1ccco1. The minimum absolute atomic E-state index is 0.0794. The second-order valence-corrected chi connectivity index (χ2v) is 3.06. The highest BCUT2D eigenvalue weighted by Crippen LogP contribution is 2.07. The quantitative estimate of drug-likeness (QED) is 0.533. The van der Waals surface area contributed by atoms with Crippen LogP contribution in [0.1, 0.15) is 36.7 Å². The van der Waals surface area contributed by atoms with Gasteiger partial charge in [0, 0.05) is 12.8 Å². The summed E-state index contributed by atoms with van der Waals surface area (Å²) in [4.78, 5) is 22.4. The van der Waals surface area contributed by atoms with Crippen LogP contribution in [-0.2, 0) is 9.53 Å². The second-order valence-electron chi connectivity index (χ2n) is 3.06. The average molecular weight is 210 g/mol. The normalized spacial score (nSPS) is 9.93. The van der Waals surface area contributed by atoms with Crippen molar-refractivity contribution in [2.45, 2.75) is 26.2 Å². The Hall–Kier alpha value is -1.58.